The maximum absolute atomic E-state index is 12.3. The van der Waals surface area contributed by atoms with Crippen LogP contribution in [0.1, 0.15) is 62.2 Å². The Morgan fingerprint density at radius 1 is 1.18 bits per heavy atom. The number of aliphatic hydroxyl groups excluding tert-OH is 1. The zero-order valence-corrected chi connectivity index (χ0v) is 19.8. The average molecular weight is 470 g/mol. The van der Waals surface area contributed by atoms with E-state index in [0.717, 1.165) is 47.9 Å². The molecule has 0 radical (unpaired) electrons. The van der Waals surface area contributed by atoms with Gasteiger partial charge in [0.2, 0.25) is 5.91 Å². The number of unbranched alkanes of at least 4 members (excludes halogenated alkanes) is 3. The molecule has 6 heteroatoms. The molecule has 0 saturated carbocycles. The number of carboxylic acids is 1. The molecule has 1 aliphatic rings. The first-order chi connectivity index (χ1) is 15.8. The van der Waals surface area contributed by atoms with Crippen LogP contribution in [0.2, 0.25) is 5.02 Å². The summed E-state index contributed by atoms with van der Waals surface area (Å²) in [4.78, 5) is 24.8. The van der Waals surface area contributed by atoms with E-state index in [9.17, 15) is 14.7 Å². The number of hydrogen-bond donors (Lipinski definition) is 2. The van der Waals surface area contributed by atoms with Gasteiger partial charge in [0, 0.05) is 24.4 Å². The quantitative estimate of drug-likeness (QED) is 0.315. The molecule has 1 saturated heterocycles. The summed E-state index contributed by atoms with van der Waals surface area (Å²) in [5.41, 5.74) is 3.98. The van der Waals surface area contributed by atoms with Gasteiger partial charge in [-0.15, -0.1) is 0 Å². The molecule has 1 heterocycles. The molecule has 2 N–H and O–H groups in total. The molecule has 0 aromatic heterocycles. The van der Waals surface area contributed by atoms with E-state index in [-0.39, 0.29) is 18.4 Å². The van der Waals surface area contributed by atoms with E-state index in [1.54, 1.807) is 6.08 Å². The second-order valence-corrected chi connectivity index (χ2v) is 9.10. The summed E-state index contributed by atoms with van der Waals surface area (Å²) in [7, 11) is 0. The third-order valence-corrected chi connectivity index (χ3v) is 6.39. The fraction of sp³-hybridized carbons (Fsp3) is 0.407. The van der Waals surface area contributed by atoms with Crippen molar-refractivity contribution < 1.29 is 19.8 Å². The highest BCUT2D eigenvalue weighted by molar-refractivity contribution is 6.30. The second-order valence-electron chi connectivity index (χ2n) is 8.67. The van der Waals surface area contributed by atoms with Gasteiger partial charge in [-0.05, 0) is 66.6 Å². The first-order valence-corrected chi connectivity index (χ1v) is 12.0. The fourth-order valence-electron chi connectivity index (χ4n) is 4.34. The Hall–Kier alpha value is -2.63. The third-order valence-electron chi connectivity index (χ3n) is 6.16. The van der Waals surface area contributed by atoms with E-state index >= 15 is 0 Å². The number of carbonyl (C=O) groups excluding carboxylic acids is 1. The van der Waals surface area contributed by atoms with Crippen LogP contribution in [0.25, 0.3) is 11.1 Å². The van der Waals surface area contributed by atoms with E-state index in [1.807, 2.05) is 60.4 Å². The normalized spacial score (nSPS) is 17.1. The summed E-state index contributed by atoms with van der Waals surface area (Å²) in [5, 5.41) is 20.2. The highest BCUT2D eigenvalue weighted by Gasteiger charge is 2.28. The Morgan fingerprint density at radius 2 is 1.97 bits per heavy atom. The number of aliphatic hydroxyl groups is 1. The van der Waals surface area contributed by atoms with Gasteiger partial charge in [0.1, 0.15) is 0 Å². The van der Waals surface area contributed by atoms with E-state index in [4.69, 9.17) is 16.7 Å². The third kappa shape index (κ3) is 7.18. The molecule has 1 aliphatic heterocycles. The van der Waals surface area contributed by atoms with E-state index in [1.165, 1.54) is 0 Å². The fourth-order valence-corrected chi connectivity index (χ4v) is 4.57. The van der Waals surface area contributed by atoms with Gasteiger partial charge in [-0.1, -0.05) is 60.9 Å². The van der Waals surface area contributed by atoms with Crippen LogP contribution in [0, 0.1) is 6.92 Å². The van der Waals surface area contributed by atoms with Crippen LogP contribution >= 0.6 is 11.6 Å². The number of amides is 1. The summed E-state index contributed by atoms with van der Waals surface area (Å²) in [5.74, 6) is -0.618. The number of aryl methyl sites for hydroxylation is 1. The molecule has 2 aromatic carbocycles. The van der Waals surface area contributed by atoms with Crippen LogP contribution in [-0.4, -0.2) is 39.6 Å². The van der Waals surface area contributed by atoms with Crippen molar-refractivity contribution in [2.75, 3.05) is 6.54 Å². The van der Waals surface area contributed by atoms with Gasteiger partial charge in [-0.3, -0.25) is 9.59 Å². The van der Waals surface area contributed by atoms with Crippen LogP contribution in [0.4, 0.5) is 0 Å². The van der Waals surface area contributed by atoms with Crippen molar-refractivity contribution in [1.29, 1.82) is 0 Å². The molecular formula is C27H32ClNO4. The lowest BCUT2D eigenvalue weighted by atomic mass is 9.97. The summed E-state index contributed by atoms with van der Waals surface area (Å²) in [6.45, 7) is 2.68. The molecule has 0 unspecified atom stereocenters. The minimum Gasteiger partial charge on any atom is -0.481 e. The van der Waals surface area contributed by atoms with Crippen LogP contribution in [0.3, 0.4) is 0 Å². The molecule has 2 aromatic rings. The lowest BCUT2D eigenvalue weighted by molar-refractivity contribution is -0.137. The molecule has 0 aliphatic carbocycles. The van der Waals surface area contributed by atoms with Gasteiger partial charge in [0.05, 0.1) is 12.1 Å². The first kappa shape index (κ1) is 25.0. The molecule has 176 valence electrons. The SMILES string of the molecule is Cc1cc(Cl)ccc1-c1cccc([C@@H](O)/C=C/[C@H]2CCC(=O)N2CCCCCCC(=O)O)c1. The number of halogens is 1. The van der Waals surface area contributed by atoms with Crippen LogP contribution in [-0.2, 0) is 9.59 Å². The molecule has 5 nitrogen and oxygen atoms in total. The molecule has 3 rings (SSSR count). The van der Waals surface area contributed by atoms with Crippen LogP contribution in [0.15, 0.2) is 54.6 Å². The van der Waals surface area contributed by atoms with E-state index in [0.29, 0.717) is 24.4 Å². The van der Waals surface area contributed by atoms with Gasteiger partial charge >= 0.3 is 5.97 Å². The number of carbonyl (C=O) groups is 2. The van der Waals surface area contributed by atoms with Crippen LogP contribution in [0.5, 0.6) is 0 Å². The average Bonchev–Trinajstić information content (AvgIpc) is 3.13. The number of nitrogens with zero attached hydrogens (tertiary/aromatic N) is 1. The van der Waals surface area contributed by atoms with E-state index < -0.39 is 12.1 Å². The summed E-state index contributed by atoms with van der Waals surface area (Å²) < 4.78 is 0. The van der Waals surface area contributed by atoms with Crippen molar-refractivity contribution in [3.05, 3.63) is 70.8 Å². The standard InChI is InChI=1S/C27H32ClNO4/c1-19-17-22(28)10-13-24(19)20-7-6-8-21(18-20)25(30)14-11-23-12-15-26(31)29(23)16-5-3-2-4-9-27(32)33/h6-8,10-11,13-14,17-18,23,25,30H,2-5,9,12,15-16H2,1H3,(H,32,33)/b14-11+/t23-,25-/m0/s1. The molecule has 2 atom stereocenters. The predicted octanol–water partition coefficient (Wildman–Crippen LogP) is 5.93. The molecule has 0 spiro atoms. The number of likely N-dealkylation sites (tertiary alicyclic amines) is 1. The topological polar surface area (TPSA) is 77.8 Å². The van der Waals surface area contributed by atoms with Gasteiger partial charge in [-0.2, -0.15) is 0 Å². The van der Waals surface area contributed by atoms with Gasteiger partial charge < -0.3 is 15.1 Å². The van der Waals surface area contributed by atoms with Gasteiger partial charge in [0.15, 0.2) is 0 Å². The predicted molar refractivity (Wildman–Crippen MR) is 131 cm³/mol. The molecule has 33 heavy (non-hydrogen) atoms. The van der Waals surface area contributed by atoms with Gasteiger partial charge in [0.25, 0.3) is 0 Å². The van der Waals surface area contributed by atoms with Crippen molar-refractivity contribution in [3.8, 4) is 11.1 Å². The van der Waals surface area contributed by atoms with Crippen molar-refractivity contribution in [2.24, 2.45) is 0 Å². The zero-order valence-electron chi connectivity index (χ0n) is 19.0. The maximum Gasteiger partial charge on any atom is 0.303 e. The number of rotatable bonds is 11. The van der Waals surface area contributed by atoms with E-state index in [2.05, 4.69) is 0 Å². The summed E-state index contributed by atoms with van der Waals surface area (Å²) in [6.07, 6.45) is 7.74. The van der Waals surface area contributed by atoms with Crippen LogP contribution < -0.4 is 0 Å². The number of benzene rings is 2. The molecule has 1 fully saturated rings. The Morgan fingerprint density at radius 3 is 2.73 bits per heavy atom. The first-order valence-electron chi connectivity index (χ1n) is 11.6. The highest BCUT2D eigenvalue weighted by atomic mass is 35.5. The lowest BCUT2D eigenvalue weighted by Crippen LogP contribution is -2.32. The minimum absolute atomic E-state index is 0.00661. The summed E-state index contributed by atoms with van der Waals surface area (Å²) >= 11 is 6.08. The van der Waals surface area contributed by atoms with Gasteiger partial charge in [-0.25, -0.2) is 0 Å². The highest BCUT2D eigenvalue weighted by Crippen LogP contribution is 2.29. The Kier molecular flexibility index (Phi) is 9.10. The second kappa shape index (κ2) is 12.0. The molecule has 0 bridgehead atoms. The van der Waals surface area contributed by atoms with Crippen molar-refractivity contribution in [3.63, 3.8) is 0 Å². The smallest absolute Gasteiger partial charge is 0.303 e. The number of carboxylic acid groups (broad SMARTS) is 1. The Bertz CT molecular complexity index is 1000. The van der Waals surface area contributed by atoms with Crippen molar-refractivity contribution in [2.45, 2.75) is 64.0 Å². The zero-order chi connectivity index (χ0) is 23.8. The number of hydrogen-bond acceptors (Lipinski definition) is 3. The lowest BCUT2D eigenvalue weighted by Gasteiger charge is -2.22. The van der Waals surface area contributed by atoms with Crippen molar-refractivity contribution >= 4 is 23.5 Å². The molecule has 1 amide bonds. The molecular weight excluding hydrogens is 438 g/mol. The summed E-state index contributed by atoms with van der Waals surface area (Å²) in [6, 6.07) is 13.6. The monoisotopic (exact) mass is 469 g/mol. The Labute approximate surface area is 200 Å². The largest absolute Gasteiger partial charge is 0.481 e. The number of aliphatic carboxylic acids is 1. The Balaban J connectivity index is 1.59. The maximum atomic E-state index is 12.3. The minimum atomic E-state index is -0.762. The van der Waals surface area contributed by atoms with Crippen molar-refractivity contribution in [1.82, 2.24) is 4.90 Å².